The molecule has 3 atom stereocenters. The summed E-state index contributed by atoms with van der Waals surface area (Å²) in [5.74, 6) is 1.51. The third kappa shape index (κ3) is 5.46. The Bertz CT molecular complexity index is 908. The second kappa shape index (κ2) is 10.4. The molecule has 1 aliphatic heterocycles. The number of carbonyl (C=O) groups is 1. The van der Waals surface area contributed by atoms with Crippen LogP contribution in [0, 0.1) is 5.92 Å². The normalized spacial score (nSPS) is 20.2. The van der Waals surface area contributed by atoms with Crippen molar-refractivity contribution in [2.45, 2.75) is 77.9 Å². The van der Waals surface area contributed by atoms with Gasteiger partial charge in [0.15, 0.2) is 6.10 Å². The fourth-order valence-electron chi connectivity index (χ4n) is 5.06. The number of piperidine rings is 1. The highest BCUT2D eigenvalue weighted by molar-refractivity contribution is 5.81. The average molecular weight is 435 g/mol. The zero-order valence-electron chi connectivity index (χ0n) is 19.9. The van der Waals surface area contributed by atoms with E-state index in [1.54, 1.807) is 0 Å². The molecule has 4 nitrogen and oxygen atoms in total. The van der Waals surface area contributed by atoms with Gasteiger partial charge in [0.2, 0.25) is 0 Å². The van der Waals surface area contributed by atoms with Crippen LogP contribution in [0.1, 0.15) is 75.6 Å². The van der Waals surface area contributed by atoms with Crippen LogP contribution in [-0.4, -0.2) is 25.1 Å². The fraction of sp³-hybridized carbons (Fsp3) is 0.536. The first kappa shape index (κ1) is 22.7. The van der Waals surface area contributed by atoms with Crippen molar-refractivity contribution in [1.82, 2.24) is 5.32 Å². The molecule has 1 heterocycles. The predicted molar refractivity (Wildman–Crippen MR) is 131 cm³/mol. The van der Waals surface area contributed by atoms with Gasteiger partial charge in [0.05, 0.1) is 6.04 Å². The topological polar surface area (TPSA) is 41.6 Å². The number of carbonyl (C=O) groups excluding carboxylic acids is 1. The first-order valence-electron chi connectivity index (χ1n) is 12.5. The van der Waals surface area contributed by atoms with Gasteiger partial charge in [0, 0.05) is 18.8 Å². The van der Waals surface area contributed by atoms with Crippen molar-refractivity contribution in [2.75, 3.05) is 18.0 Å². The number of hydrogen-bond acceptors (Lipinski definition) is 3. The van der Waals surface area contributed by atoms with Crippen molar-refractivity contribution in [2.24, 2.45) is 5.92 Å². The first-order chi connectivity index (χ1) is 15.5. The molecule has 2 aliphatic rings. The van der Waals surface area contributed by atoms with Gasteiger partial charge in [-0.05, 0) is 98.7 Å². The zero-order chi connectivity index (χ0) is 22.5. The summed E-state index contributed by atoms with van der Waals surface area (Å²) in [5, 5.41) is 3.16. The van der Waals surface area contributed by atoms with E-state index in [1.807, 2.05) is 19.9 Å². The molecule has 1 amide bonds. The maximum Gasteiger partial charge on any atom is 0.261 e. The van der Waals surface area contributed by atoms with Crippen molar-refractivity contribution in [3.8, 4) is 5.75 Å². The van der Waals surface area contributed by atoms with E-state index in [1.165, 1.54) is 42.5 Å². The molecule has 2 aromatic carbocycles. The van der Waals surface area contributed by atoms with Gasteiger partial charge in [-0.2, -0.15) is 0 Å². The second-order valence-electron chi connectivity index (χ2n) is 9.67. The predicted octanol–water partition coefficient (Wildman–Crippen LogP) is 5.84. The van der Waals surface area contributed by atoms with Crippen LogP contribution >= 0.6 is 0 Å². The van der Waals surface area contributed by atoms with Crippen LogP contribution in [0.5, 0.6) is 5.75 Å². The summed E-state index contributed by atoms with van der Waals surface area (Å²) in [6.07, 6.45) is 7.51. The van der Waals surface area contributed by atoms with Crippen LogP contribution in [-0.2, 0) is 17.6 Å². The van der Waals surface area contributed by atoms with Crippen molar-refractivity contribution in [3.05, 3.63) is 59.2 Å². The highest BCUT2D eigenvalue weighted by Gasteiger charge is 2.22. The SMILES string of the molecule is CC[C@H](Oc1ccc2c(c1)CCCC2)C(=O)N[C@@H](C)c1ccc(N2CCC[C@@H](C)C2)cc1. The van der Waals surface area contributed by atoms with E-state index in [0.717, 1.165) is 43.2 Å². The summed E-state index contributed by atoms with van der Waals surface area (Å²) in [7, 11) is 0. The minimum Gasteiger partial charge on any atom is -0.481 e. The van der Waals surface area contributed by atoms with Crippen molar-refractivity contribution in [3.63, 3.8) is 0 Å². The van der Waals surface area contributed by atoms with E-state index in [9.17, 15) is 4.79 Å². The fourth-order valence-corrected chi connectivity index (χ4v) is 5.06. The molecule has 0 saturated carbocycles. The van der Waals surface area contributed by atoms with Gasteiger partial charge in [-0.1, -0.05) is 32.0 Å². The summed E-state index contributed by atoms with van der Waals surface area (Å²) in [5.41, 5.74) is 5.20. The molecule has 0 radical (unpaired) electrons. The molecule has 4 rings (SSSR count). The third-order valence-corrected chi connectivity index (χ3v) is 7.04. The van der Waals surface area contributed by atoms with Gasteiger partial charge >= 0.3 is 0 Å². The Morgan fingerprint density at radius 1 is 1.09 bits per heavy atom. The summed E-state index contributed by atoms with van der Waals surface area (Å²) >= 11 is 0. The van der Waals surface area contributed by atoms with E-state index in [0.29, 0.717) is 6.42 Å². The monoisotopic (exact) mass is 434 g/mol. The maximum absolute atomic E-state index is 13.0. The quantitative estimate of drug-likeness (QED) is 0.595. The number of benzene rings is 2. The van der Waals surface area contributed by atoms with Crippen LogP contribution < -0.4 is 15.0 Å². The number of amides is 1. The van der Waals surface area contributed by atoms with Crippen LogP contribution in [0.2, 0.25) is 0 Å². The van der Waals surface area contributed by atoms with Crippen molar-refractivity contribution < 1.29 is 9.53 Å². The standard InChI is InChI=1S/C28H38N2O2/c1-4-27(32-26-16-13-23-9-5-6-10-24(23)18-26)28(31)29-21(3)22-11-14-25(15-12-22)30-17-7-8-20(2)19-30/h11-16,18,20-21,27H,4-10,17,19H2,1-3H3,(H,29,31)/t20-,21+,27+/m1/s1. The lowest BCUT2D eigenvalue weighted by Gasteiger charge is -2.33. The number of ether oxygens (including phenoxy) is 1. The Labute approximate surface area is 193 Å². The Hall–Kier alpha value is -2.49. The van der Waals surface area contributed by atoms with Gasteiger partial charge < -0.3 is 15.0 Å². The summed E-state index contributed by atoms with van der Waals surface area (Å²) in [4.78, 5) is 15.4. The number of aryl methyl sites for hydroxylation is 2. The number of nitrogens with zero attached hydrogens (tertiary/aromatic N) is 1. The van der Waals surface area contributed by atoms with E-state index >= 15 is 0 Å². The molecular formula is C28H38N2O2. The first-order valence-corrected chi connectivity index (χ1v) is 12.5. The molecule has 2 aromatic rings. The highest BCUT2D eigenvalue weighted by atomic mass is 16.5. The minimum absolute atomic E-state index is 0.0494. The van der Waals surface area contributed by atoms with Gasteiger partial charge in [0.25, 0.3) is 5.91 Å². The Morgan fingerprint density at radius 2 is 1.84 bits per heavy atom. The minimum atomic E-state index is -0.479. The molecule has 1 aliphatic carbocycles. The van der Waals surface area contributed by atoms with Crippen LogP contribution in [0.4, 0.5) is 5.69 Å². The Kier molecular flexibility index (Phi) is 7.39. The van der Waals surface area contributed by atoms with Gasteiger partial charge in [-0.15, -0.1) is 0 Å². The van der Waals surface area contributed by atoms with E-state index < -0.39 is 6.10 Å². The maximum atomic E-state index is 13.0. The number of nitrogens with one attached hydrogen (secondary N) is 1. The molecule has 0 aromatic heterocycles. The molecule has 0 spiro atoms. The largest absolute Gasteiger partial charge is 0.481 e. The molecule has 0 bridgehead atoms. The van der Waals surface area contributed by atoms with Gasteiger partial charge in [-0.25, -0.2) is 0 Å². The molecule has 172 valence electrons. The molecule has 1 saturated heterocycles. The van der Waals surface area contributed by atoms with Crippen LogP contribution in [0.3, 0.4) is 0 Å². The summed E-state index contributed by atoms with van der Waals surface area (Å²) in [6.45, 7) is 8.63. The summed E-state index contributed by atoms with van der Waals surface area (Å²) in [6, 6.07) is 14.9. The molecule has 1 N–H and O–H groups in total. The molecular weight excluding hydrogens is 396 g/mol. The average Bonchev–Trinajstić information content (AvgIpc) is 2.82. The third-order valence-electron chi connectivity index (χ3n) is 7.04. The van der Waals surface area contributed by atoms with Crippen molar-refractivity contribution in [1.29, 1.82) is 0 Å². The van der Waals surface area contributed by atoms with Gasteiger partial charge in [-0.3, -0.25) is 4.79 Å². The molecule has 0 unspecified atom stereocenters. The van der Waals surface area contributed by atoms with Crippen LogP contribution in [0.25, 0.3) is 0 Å². The van der Waals surface area contributed by atoms with E-state index in [4.69, 9.17) is 4.74 Å². The summed E-state index contributed by atoms with van der Waals surface area (Å²) < 4.78 is 6.12. The lowest BCUT2D eigenvalue weighted by atomic mass is 9.92. The van der Waals surface area contributed by atoms with Crippen molar-refractivity contribution >= 4 is 11.6 Å². The molecule has 4 heteroatoms. The second-order valence-corrected chi connectivity index (χ2v) is 9.67. The smallest absolute Gasteiger partial charge is 0.261 e. The lowest BCUT2D eigenvalue weighted by molar-refractivity contribution is -0.128. The zero-order valence-corrected chi connectivity index (χ0v) is 19.9. The number of hydrogen-bond donors (Lipinski definition) is 1. The number of anilines is 1. The highest BCUT2D eigenvalue weighted by Crippen LogP contribution is 2.27. The number of fused-ring (bicyclic) bond motifs is 1. The van der Waals surface area contributed by atoms with Gasteiger partial charge in [0.1, 0.15) is 5.75 Å². The van der Waals surface area contributed by atoms with E-state index in [-0.39, 0.29) is 11.9 Å². The van der Waals surface area contributed by atoms with E-state index in [2.05, 4.69) is 53.5 Å². The Morgan fingerprint density at radius 3 is 2.56 bits per heavy atom. The number of rotatable bonds is 7. The lowest BCUT2D eigenvalue weighted by Crippen LogP contribution is -2.39. The van der Waals surface area contributed by atoms with Crippen LogP contribution in [0.15, 0.2) is 42.5 Å². The molecule has 32 heavy (non-hydrogen) atoms. The molecule has 1 fully saturated rings. The Balaban J connectivity index is 1.35.